The van der Waals surface area contributed by atoms with Gasteiger partial charge >= 0.3 is 0 Å². The van der Waals surface area contributed by atoms with Crippen molar-refractivity contribution in [2.24, 2.45) is 0 Å². The molecule has 2 rings (SSSR count). The fourth-order valence-electron chi connectivity index (χ4n) is 2.40. The van der Waals surface area contributed by atoms with Crippen LogP contribution in [0.5, 0.6) is 5.75 Å². The molecule has 21 heavy (non-hydrogen) atoms. The molecular formula is C16H22N2O3. The largest absolute Gasteiger partial charge is 0.497 e. The lowest BCUT2D eigenvalue weighted by molar-refractivity contribution is -0.121. The zero-order chi connectivity index (χ0) is 15.1. The van der Waals surface area contributed by atoms with Crippen molar-refractivity contribution in [3.05, 3.63) is 29.8 Å². The van der Waals surface area contributed by atoms with Crippen LogP contribution in [-0.4, -0.2) is 37.9 Å². The number of ether oxygens (including phenoxy) is 1. The van der Waals surface area contributed by atoms with Gasteiger partial charge in [0.25, 0.3) is 0 Å². The van der Waals surface area contributed by atoms with Crippen molar-refractivity contribution >= 4 is 11.7 Å². The number of ketones is 1. The van der Waals surface area contributed by atoms with Crippen molar-refractivity contribution in [2.45, 2.75) is 31.7 Å². The molecule has 114 valence electrons. The van der Waals surface area contributed by atoms with E-state index in [4.69, 9.17) is 4.74 Å². The highest BCUT2D eigenvalue weighted by molar-refractivity contribution is 5.98. The first-order valence-electron chi connectivity index (χ1n) is 7.36. The van der Waals surface area contributed by atoms with E-state index in [0.29, 0.717) is 23.9 Å². The highest BCUT2D eigenvalue weighted by Gasteiger charge is 2.15. The number of nitrogens with one attached hydrogen (secondary N) is 2. The third-order valence-electron chi connectivity index (χ3n) is 3.70. The first-order valence-corrected chi connectivity index (χ1v) is 7.36. The van der Waals surface area contributed by atoms with E-state index in [2.05, 4.69) is 10.6 Å². The summed E-state index contributed by atoms with van der Waals surface area (Å²) in [6.45, 7) is 1.67. The Morgan fingerprint density at radius 1 is 1.29 bits per heavy atom. The topological polar surface area (TPSA) is 67.4 Å². The second kappa shape index (κ2) is 7.78. The number of amides is 1. The highest BCUT2D eigenvalue weighted by atomic mass is 16.5. The van der Waals surface area contributed by atoms with Gasteiger partial charge in [0.2, 0.25) is 5.91 Å². The van der Waals surface area contributed by atoms with Crippen molar-refractivity contribution in [1.29, 1.82) is 0 Å². The number of benzene rings is 1. The maximum Gasteiger partial charge on any atom is 0.220 e. The Bertz CT molecular complexity index is 479. The van der Waals surface area contributed by atoms with E-state index >= 15 is 0 Å². The SMILES string of the molecule is COc1ccc(C(=O)CCC(=O)NCC2CCCN2)cc1. The minimum Gasteiger partial charge on any atom is -0.497 e. The Morgan fingerprint density at radius 3 is 2.67 bits per heavy atom. The third-order valence-corrected chi connectivity index (χ3v) is 3.70. The first kappa shape index (κ1) is 15.5. The number of carbonyl (C=O) groups excluding carboxylic acids is 2. The van der Waals surface area contributed by atoms with Gasteiger partial charge in [-0.25, -0.2) is 0 Å². The van der Waals surface area contributed by atoms with Crippen LogP contribution < -0.4 is 15.4 Å². The van der Waals surface area contributed by atoms with Crippen LogP contribution in [0.25, 0.3) is 0 Å². The molecular weight excluding hydrogens is 268 g/mol. The lowest BCUT2D eigenvalue weighted by Crippen LogP contribution is -2.37. The van der Waals surface area contributed by atoms with Gasteiger partial charge in [0, 0.05) is 31.0 Å². The molecule has 1 atom stereocenters. The quantitative estimate of drug-likeness (QED) is 0.747. The van der Waals surface area contributed by atoms with Crippen LogP contribution in [0.4, 0.5) is 0 Å². The number of hydrogen-bond acceptors (Lipinski definition) is 4. The summed E-state index contributed by atoms with van der Waals surface area (Å²) in [4.78, 5) is 23.7. The second-order valence-electron chi connectivity index (χ2n) is 5.25. The molecule has 0 bridgehead atoms. The molecule has 1 fully saturated rings. The Labute approximate surface area is 125 Å². The summed E-state index contributed by atoms with van der Waals surface area (Å²) in [6.07, 6.45) is 2.73. The van der Waals surface area contributed by atoms with Crippen LogP contribution >= 0.6 is 0 Å². The van der Waals surface area contributed by atoms with Gasteiger partial charge in [0.1, 0.15) is 5.75 Å². The van der Waals surface area contributed by atoms with E-state index in [1.165, 1.54) is 0 Å². The van der Waals surface area contributed by atoms with E-state index in [-0.39, 0.29) is 24.5 Å². The average Bonchev–Trinajstić information content (AvgIpc) is 3.04. The fourth-order valence-corrected chi connectivity index (χ4v) is 2.40. The minimum atomic E-state index is -0.0643. The number of hydrogen-bond donors (Lipinski definition) is 2. The summed E-state index contributed by atoms with van der Waals surface area (Å²) in [7, 11) is 1.58. The molecule has 0 spiro atoms. The summed E-state index contributed by atoms with van der Waals surface area (Å²) in [5.41, 5.74) is 0.612. The zero-order valence-corrected chi connectivity index (χ0v) is 12.4. The van der Waals surface area contributed by atoms with E-state index < -0.39 is 0 Å². The molecule has 0 saturated carbocycles. The molecule has 1 unspecified atom stereocenters. The van der Waals surface area contributed by atoms with Crippen LogP contribution in [0.1, 0.15) is 36.0 Å². The van der Waals surface area contributed by atoms with Crippen molar-refractivity contribution < 1.29 is 14.3 Å². The molecule has 1 aromatic carbocycles. The van der Waals surface area contributed by atoms with Gasteiger partial charge in [-0.2, -0.15) is 0 Å². The highest BCUT2D eigenvalue weighted by Crippen LogP contribution is 2.13. The predicted molar refractivity (Wildman–Crippen MR) is 80.6 cm³/mol. The lowest BCUT2D eigenvalue weighted by Gasteiger charge is -2.11. The van der Waals surface area contributed by atoms with E-state index in [9.17, 15) is 9.59 Å². The van der Waals surface area contributed by atoms with Gasteiger partial charge in [0.05, 0.1) is 7.11 Å². The molecule has 1 aliphatic heterocycles. The van der Waals surface area contributed by atoms with Crippen LogP contribution in [0.3, 0.4) is 0 Å². The van der Waals surface area contributed by atoms with Crippen molar-refractivity contribution in [3.63, 3.8) is 0 Å². The Hall–Kier alpha value is -1.88. The van der Waals surface area contributed by atoms with Gasteiger partial charge in [0.15, 0.2) is 5.78 Å². The van der Waals surface area contributed by atoms with Gasteiger partial charge < -0.3 is 15.4 Å². The Balaban J connectivity index is 1.70. The standard InChI is InChI=1S/C16H22N2O3/c1-21-14-6-4-12(5-7-14)15(19)8-9-16(20)18-11-13-3-2-10-17-13/h4-7,13,17H,2-3,8-11H2,1H3,(H,18,20). The summed E-state index contributed by atoms with van der Waals surface area (Å²) in [5, 5.41) is 6.20. The van der Waals surface area contributed by atoms with Gasteiger partial charge in [-0.15, -0.1) is 0 Å². The number of methoxy groups -OCH3 is 1. The van der Waals surface area contributed by atoms with Crippen molar-refractivity contribution in [2.75, 3.05) is 20.2 Å². The monoisotopic (exact) mass is 290 g/mol. The minimum absolute atomic E-state index is 0.0215. The molecule has 1 aliphatic rings. The number of Topliss-reactive ketones (excluding diaryl/α,β-unsaturated/α-hetero) is 1. The number of carbonyl (C=O) groups is 2. The molecule has 0 aliphatic carbocycles. The summed E-state index contributed by atoms with van der Waals surface area (Å²) < 4.78 is 5.05. The van der Waals surface area contributed by atoms with Crippen LogP contribution in [0.2, 0.25) is 0 Å². The van der Waals surface area contributed by atoms with Crippen LogP contribution in [0, 0.1) is 0 Å². The van der Waals surface area contributed by atoms with E-state index in [1.807, 2.05) is 0 Å². The van der Waals surface area contributed by atoms with Crippen LogP contribution in [-0.2, 0) is 4.79 Å². The maximum absolute atomic E-state index is 12.0. The molecule has 2 N–H and O–H groups in total. The maximum atomic E-state index is 12.0. The lowest BCUT2D eigenvalue weighted by atomic mass is 10.1. The Morgan fingerprint density at radius 2 is 2.05 bits per heavy atom. The molecule has 1 saturated heterocycles. The van der Waals surface area contributed by atoms with Gasteiger partial charge in [-0.1, -0.05) is 0 Å². The summed E-state index contributed by atoms with van der Waals surface area (Å²) in [6, 6.07) is 7.33. The zero-order valence-electron chi connectivity index (χ0n) is 12.4. The second-order valence-corrected chi connectivity index (χ2v) is 5.25. The summed E-state index contributed by atoms with van der Waals surface area (Å²) >= 11 is 0. The first-order chi connectivity index (χ1) is 10.2. The van der Waals surface area contributed by atoms with E-state index in [1.54, 1.807) is 31.4 Å². The molecule has 1 aromatic rings. The van der Waals surface area contributed by atoms with Gasteiger partial charge in [-0.05, 0) is 43.7 Å². The van der Waals surface area contributed by atoms with Crippen molar-refractivity contribution in [3.8, 4) is 5.75 Å². The molecule has 0 radical (unpaired) electrons. The summed E-state index contributed by atoms with van der Waals surface area (Å²) in [5.74, 6) is 0.630. The normalized spacial score (nSPS) is 17.5. The number of rotatable bonds is 7. The van der Waals surface area contributed by atoms with Gasteiger partial charge in [-0.3, -0.25) is 9.59 Å². The molecule has 0 aromatic heterocycles. The fraction of sp³-hybridized carbons (Fsp3) is 0.500. The van der Waals surface area contributed by atoms with Crippen molar-refractivity contribution in [1.82, 2.24) is 10.6 Å². The molecule has 5 nitrogen and oxygen atoms in total. The van der Waals surface area contributed by atoms with Crippen LogP contribution in [0.15, 0.2) is 24.3 Å². The predicted octanol–water partition coefficient (Wildman–Crippen LogP) is 1.53. The third kappa shape index (κ3) is 4.86. The molecule has 5 heteroatoms. The average molecular weight is 290 g/mol. The van der Waals surface area contributed by atoms with E-state index in [0.717, 1.165) is 19.4 Å². The smallest absolute Gasteiger partial charge is 0.220 e. The molecule has 1 amide bonds. The molecule has 1 heterocycles. The Kier molecular flexibility index (Phi) is 5.75.